The van der Waals surface area contributed by atoms with Crippen LogP contribution < -0.4 is 33.2 Å². The second kappa shape index (κ2) is 30.2. The van der Waals surface area contributed by atoms with Crippen LogP contribution in [0, 0.1) is 32.1 Å². The number of nitrogens with zero attached hydrogens (tertiary/aromatic N) is 13. The minimum atomic E-state index is -0.430. The smallest absolute Gasteiger partial charge is 0.251 e. The Morgan fingerprint density at radius 1 is 0.476 bits per heavy atom. The van der Waals surface area contributed by atoms with Gasteiger partial charge < -0.3 is 42.6 Å². The first-order valence-electron chi connectivity index (χ1n) is 35.2. The van der Waals surface area contributed by atoms with Gasteiger partial charge in [-0.2, -0.15) is 20.6 Å². The number of aryl methyl sites for hydroxylation is 2. The van der Waals surface area contributed by atoms with E-state index in [4.69, 9.17) is 47.2 Å². The Hall–Kier alpha value is -11.8. The van der Waals surface area contributed by atoms with Gasteiger partial charge in [0.05, 0.1) is 59.1 Å². The molecule has 6 aromatic carbocycles. The van der Waals surface area contributed by atoms with Gasteiger partial charge in [0.25, 0.3) is 17.7 Å². The van der Waals surface area contributed by atoms with Crippen molar-refractivity contribution < 1.29 is 23.9 Å². The van der Waals surface area contributed by atoms with Crippen molar-refractivity contribution >= 4 is 68.3 Å². The maximum Gasteiger partial charge on any atom is 0.251 e. The fourth-order valence-corrected chi connectivity index (χ4v) is 14.5. The standard InChI is InChI=1S/C28H30N6O3.C26H28N6O.C25H23N7O/c1-18-4-2-3-5-22(18)27(35)30-16-19-6-8-20(9-7-19)24-23-25(29)31-17-32-26(23)34(33-24)21-10-12-28(13-11-21)36-14-15-37-28;1-16-6-5-9-21(17(16)2)26(33)28-14-18-10-12-19(13-11-18)23-22-24(27)29-15-30-25(22)32(31-23)20-7-3-4-8-20;26-13-17-4-3-5-19(12-17)25(33)28-14-16-8-10-18(11-9-16)22-21-23(27)29-15-30-24(21)32(31-22)20-6-1-2-7-20/h2-9,17,21H,10-16H2,1H3,(H,30,35)(H2,29,31,32);5-6,9-13,15,20H,3-4,7-8,14H2,1-2H3,(H,28,33)(H2,27,29,30);3-5,8-12,15,20H,1-2,6-7,14H2,(H,28,33)(H2,27,29,30). The molecule has 0 radical (unpaired) electrons. The van der Waals surface area contributed by atoms with Gasteiger partial charge in [0.2, 0.25) is 0 Å². The first kappa shape index (κ1) is 68.3. The third-order valence-electron chi connectivity index (χ3n) is 20.3. The molecule has 9 N–H and O–H groups in total. The van der Waals surface area contributed by atoms with Gasteiger partial charge in [-0.1, -0.05) is 135 Å². The summed E-state index contributed by atoms with van der Waals surface area (Å²) in [6, 6.07) is 46.9. The summed E-state index contributed by atoms with van der Waals surface area (Å²) >= 11 is 0. The fraction of sp³-hybridized carbons (Fsp3) is 0.304. The van der Waals surface area contributed by atoms with E-state index >= 15 is 0 Å². The van der Waals surface area contributed by atoms with Crippen LogP contribution in [0.25, 0.3) is 66.9 Å². The van der Waals surface area contributed by atoms with Crippen LogP contribution in [0.2, 0.25) is 0 Å². The van der Waals surface area contributed by atoms with Crippen LogP contribution in [0.5, 0.6) is 0 Å². The van der Waals surface area contributed by atoms with Crippen LogP contribution >= 0.6 is 0 Å². The van der Waals surface area contributed by atoms with E-state index in [-0.39, 0.29) is 23.8 Å². The number of ether oxygens (including phenoxy) is 2. The van der Waals surface area contributed by atoms with E-state index in [9.17, 15) is 14.4 Å². The summed E-state index contributed by atoms with van der Waals surface area (Å²) in [6.07, 6.45) is 17.2. The molecule has 6 aromatic heterocycles. The number of carbonyl (C=O) groups excluding carboxylic acids is 3. The SMILES string of the molecule is Cc1cccc(C(=O)NCc2ccc(-c3nn(C4CCCC4)c4ncnc(N)c34)cc2)c1C.Cc1ccccc1C(=O)NCc1ccc(-c2nn(C3CCC4(CC3)OCCO4)c3ncnc(N)c23)cc1.N#Cc1cccc(C(=O)NCc2ccc(-c3nn(C4CCCC4)c4ncnc(N)c34)cc2)c1. The lowest BCUT2D eigenvalue weighted by Gasteiger charge is -2.35. The largest absolute Gasteiger partial charge is 0.383 e. The number of nitrogen functional groups attached to an aromatic ring is 3. The first-order chi connectivity index (χ1) is 50.2. The van der Waals surface area contributed by atoms with Gasteiger partial charge in [-0.05, 0) is 123 Å². The van der Waals surface area contributed by atoms with Gasteiger partial charge in [0.15, 0.2) is 22.7 Å². The summed E-state index contributed by atoms with van der Waals surface area (Å²) in [5.41, 5.74) is 34.6. The van der Waals surface area contributed by atoms with Crippen molar-refractivity contribution in [3.05, 3.63) is 214 Å². The molecule has 3 saturated carbocycles. The molecule has 1 saturated heterocycles. The van der Waals surface area contributed by atoms with Crippen LogP contribution in [0.4, 0.5) is 17.5 Å². The Kier molecular flexibility index (Phi) is 20.0. The quantitative estimate of drug-likeness (QED) is 0.0555. The molecule has 7 heterocycles. The van der Waals surface area contributed by atoms with E-state index in [0.717, 1.165) is 152 Å². The van der Waals surface area contributed by atoms with Crippen molar-refractivity contribution in [2.45, 2.75) is 141 Å². The molecule has 103 heavy (non-hydrogen) atoms. The molecule has 4 aliphatic rings. The van der Waals surface area contributed by atoms with E-state index in [1.165, 1.54) is 44.7 Å². The van der Waals surface area contributed by atoms with Crippen LogP contribution in [0.3, 0.4) is 0 Å². The van der Waals surface area contributed by atoms with Crippen molar-refractivity contribution in [3.63, 3.8) is 0 Å². The second-order valence-corrected chi connectivity index (χ2v) is 26.9. The van der Waals surface area contributed by atoms with Crippen LogP contribution in [-0.4, -0.2) is 96.0 Å². The summed E-state index contributed by atoms with van der Waals surface area (Å²) in [6.45, 7) is 8.51. The molecule has 522 valence electrons. The summed E-state index contributed by atoms with van der Waals surface area (Å²) in [4.78, 5) is 63.8. The molecular weight excluding hydrogens is 1290 g/mol. The average molecular weight is 1380 g/mol. The molecule has 1 spiro atoms. The molecule has 24 nitrogen and oxygen atoms in total. The highest BCUT2D eigenvalue weighted by Crippen LogP contribution is 2.43. The van der Waals surface area contributed by atoms with Gasteiger partial charge >= 0.3 is 0 Å². The zero-order valence-corrected chi connectivity index (χ0v) is 57.9. The van der Waals surface area contributed by atoms with Crippen molar-refractivity contribution in [2.24, 2.45) is 0 Å². The predicted molar refractivity (Wildman–Crippen MR) is 394 cm³/mol. The molecular formula is C79H81N19O5. The third kappa shape index (κ3) is 14.6. The number of hydrogen-bond acceptors (Lipinski definition) is 18. The second-order valence-electron chi connectivity index (χ2n) is 26.9. The van der Waals surface area contributed by atoms with Crippen LogP contribution in [0.1, 0.15) is 165 Å². The lowest BCUT2D eigenvalue weighted by atomic mass is 9.90. The lowest BCUT2D eigenvalue weighted by molar-refractivity contribution is -0.181. The molecule has 3 aliphatic carbocycles. The number of amides is 3. The molecule has 0 unspecified atom stereocenters. The van der Waals surface area contributed by atoms with Gasteiger partial charge in [-0.15, -0.1) is 0 Å². The van der Waals surface area contributed by atoms with Crippen LogP contribution in [0.15, 0.2) is 159 Å². The Morgan fingerprint density at radius 3 is 1.30 bits per heavy atom. The molecule has 16 rings (SSSR count). The van der Waals surface area contributed by atoms with Gasteiger partial charge in [-0.3, -0.25) is 14.4 Å². The maximum atomic E-state index is 12.6. The van der Waals surface area contributed by atoms with E-state index < -0.39 is 5.79 Å². The Morgan fingerprint density at radius 2 is 0.864 bits per heavy atom. The monoisotopic (exact) mass is 1380 g/mol. The highest BCUT2D eigenvalue weighted by molar-refractivity contribution is 6.01. The summed E-state index contributed by atoms with van der Waals surface area (Å²) in [5, 5.41) is 35.1. The number of nitrogens with two attached hydrogens (primary N) is 3. The Labute approximate surface area is 595 Å². The average Bonchev–Trinajstić information content (AvgIpc) is 1.62. The topological polar surface area (TPSA) is 338 Å². The molecule has 1 aliphatic heterocycles. The molecule has 12 aromatic rings. The number of anilines is 3. The van der Waals surface area contributed by atoms with Crippen LogP contribution in [-0.2, 0) is 29.1 Å². The van der Waals surface area contributed by atoms with Gasteiger partial charge in [0.1, 0.15) is 53.5 Å². The molecule has 24 heteroatoms. The molecule has 3 amide bonds. The number of aromatic nitrogens is 12. The number of carbonyl (C=O) groups is 3. The number of nitrogens with one attached hydrogen (secondary N) is 3. The van der Waals surface area contributed by atoms with Gasteiger partial charge in [-0.25, -0.2) is 43.9 Å². The predicted octanol–water partition coefficient (Wildman–Crippen LogP) is 12.9. The zero-order chi connectivity index (χ0) is 71.1. The van der Waals surface area contributed by atoms with Crippen molar-refractivity contribution in [1.29, 1.82) is 5.26 Å². The van der Waals surface area contributed by atoms with Crippen molar-refractivity contribution in [2.75, 3.05) is 30.4 Å². The zero-order valence-electron chi connectivity index (χ0n) is 57.9. The molecule has 0 bridgehead atoms. The molecule has 0 atom stereocenters. The number of hydrogen-bond donors (Lipinski definition) is 6. The molecule has 4 fully saturated rings. The van der Waals surface area contributed by atoms with E-state index in [2.05, 4.69) is 45.9 Å². The Balaban J connectivity index is 0.000000131. The summed E-state index contributed by atoms with van der Waals surface area (Å²) < 4.78 is 17.8. The minimum absolute atomic E-state index is 0.0634. The van der Waals surface area contributed by atoms with Crippen molar-refractivity contribution in [3.8, 4) is 39.8 Å². The fourth-order valence-electron chi connectivity index (χ4n) is 14.5. The summed E-state index contributed by atoms with van der Waals surface area (Å²) in [7, 11) is 0. The normalized spacial score (nSPS) is 15.2. The van der Waals surface area contributed by atoms with E-state index in [1.54, 1.807) is 24.3 Å². The minimum Gasteiger partial charge on any atom is -0.383 e. The third-order valence-corrected chi connectivity index (χ3v) is 20.3. The number of nitriles is 1. The number of benzene rings is 6. The van der Waals surface area contributed by atoms with Gasteiger partial charge in [0, 0.05) is 65.9 Å². The van der Waals surface area contributed by atoms with Crippen molar-refractivity contribution in [1.82, 2.24) is 75.2 Å². The summed E-state index contributed by atoms with van der Waals surface area (Å²) in [5.74, 6) is 0.490. The first-order valence-corrected chi connectivity index (χ1v) is 35.2. The van der Waals surface area contributed by atoms with E-state index in [1.807, 2.05) is 156 Å². The number of fused-ring (bicyclic) bond motifs is 3. The highest BCUT2D eigenvalue weighted by Gasteiger charge is 2.42. The maximum absolute atomic E-state index is 12.6. The van der Waals surface area contributed by atoms with E-state index in [0.29, 0.717) is 84.6 Å². The Bertz CT molecular complexity index is 5130. The highest BCUT2D eigenvalue weighted by atomic mass is 16.7. The lowest BCUT2D eigenvalue weighted by Crippen LogP contribution is -2.36. The number of rotatable bonds is 15.